The molecule has 3 heteroatoms. The van der Waals surface area contributed by atoms with Crippen LogP contribution in [0, 0.1) is 0 Å². The van der Waals surface area contributed by atoms with E-state index in [9.17, 15) is 0 Å². The van der Waals surface area contributed by atoms with Crippen molar-refractivity contribution in [1.82, 2.24) is 10.3 Å². The van der Waals surface area contributed by atoms with E-state index in [2.05, 4.69) is 40.6 Å². The largest absolute Gasteiger partial charge is 0.319 e. The number of rotatable bonds is 5. The van der Waals surface area contributed by atoms with Crippen LogP contribution < -0.4 is 5.32 Å². The molecule has 1 aromatic heterocycles. The Morgan fingerprint density at radius 1 is 1.31 bits per heavy atom. The van der Waals surface area contributed by atoms with Crippen molar-refractivity contribution in [3.63, 3.8) is 0 Å². The Labute approximate surface area is 100 Å². The molecule has 1 unspecified atom stereocenters. The van der Waals surface area contributed by atoms with Crippen LogP contribution in [0.2, 0.25) is 0 Å². The summed E-state index contributed by atoms with van der Waals surface area (Å²) in [7, 11) is 2.00. The lowest BCUT2D eigenvalue weighted by molar-refractivity contribution is 0.624. The minimum absolute atomic E-state index is 0.511. The first-order chi connectivity index (χ1) is 7.90. The summed E-state index contributed by atoms with van der Waals surface area (Å²) < 4.78 is 0. The molecule has 0 aliphatic heterocycles. The summed E-state index contributed by atoms with van der Waals surface area (Å²) in [6.45, 7) is 0.990. The highest BCUT2D eigenvalue weighted by Gasteiger charge is 2.12. The normalized spacial score (nSPS) is 12.6. The van der Waals surface area contributed by atoms with Crippen molar-refractivity contribution in [1.29, 1.82) is 0 Å². The Morgan fingerprint density at radius 2 is 2.12 bits per heavy atom. The number of hydrogen-bond donors (Lipinski definition) is 1. The van der Waals surface area contributed by atoms with Gasteiger partial charge in [0.05, 0.1) is 5.01 Å². The highest BCUT2D eigenvalue weighted by atomic mass is 32.1. The molecule has 2 rings (SSSR count). The van der Waals surface area contributed by atoms with Gasteiger partial charge in [-0.15, -0.1) is 11.3 Å². The fourth-order valence-corrected chi connectivity index (χ4v) is 2.54. The Morgan fingerprint density at radius 3 is 2.75 bits per heavy atom. The van der Waals surface area contributed by atoms with Crippen LogP contribution in [0.15, 0.2) is 41.9 Å². The van der Waals surface area contributed by atoms with Crippen LogP contribution in [0.4, 0.5) is 0 Å². The zero-order valence-electron chi connectivity index (χ0n) is 9.39. The lowest BCUT2D eigenvalue weighted by Gasteiger charge is -2.15. The van der Waals surface area contributed by atoms with Gasteiger partial charge in [-0.1, -0.05) is 30.3 Å². The third kappa shape index (κ3) is 2.90. The third-order valence-electron chi connectivity index (χ3n) is 2.63. The van der Waals surface area contributed by atoms with Crippen molar-refractivity contribution in [2.75, 3.05) is 13.6 Å². The summed E-state index contributed by atoms with van der Waals surface area (Å²) in [5.74, 6) is 0.511. The van der Waals surface area contributed by atoms with Gasteiger partial charge in [0.2, 0.25) is 0 Å². The van der Waals surface area contributed by atoms with E-state index in [-0.39, 0.29) is 0 Å². The minimum atomic E-state index is 0.511. The van der Waals surface area contributed by atoms with Gasteiger partial charge in [-0.3, -0.25) is 0 Å². The summed E-state index contributed by atoms with van der Waals surface area (Å²) in [5.41, 5.74) is 1.38. The van der Waals surface area contributed by atoms with E-state index in [0.29, 0.717) is 5.92 Å². The summed E-state index contributed by atoms with van der Waals surface area (Å²) in [4.78, 5) is 4.35. The molecule has 2 nitrogen and oxygen atoms in total. The number of aromatic nitrogens is 1. The van der Waals surface area contributed by atoms with E-state index < -0.39 is 0 Å². The minimum Gasteiger partial charge on any atom is -0.319 e. The molecule has 1 N–H and O–H groups in total. The van der Waals surface area contributed by atoms with E-state index in [0.717, 1.165) is 13.0 Å². The van der Waals surface area contributed by atoms with Crippen LogP contribution in [-0.4, -0.2) is 18.6 Å². The maximum absolute atomic E-state index is 4.35. The molecule has 0 saturated carbocycles. The van der Waals surface area contributed by atoms with Crippen molar-refractivity contribution in [2.45, 2.75) is 12.3 Å². The zero-order valence-corrected chi connectivity index (χ0v) is 10.2. The van der Waals surface area contributed by atoms with E-state index in [1.165, 1.54) is 10.6 Å². The van der Waals surface area contributed by atoms with Crippen LogP contribution >= 0.6 is 11.3 Å². The molecular weight excluding hydrogens is 216 g/mol. The lowest BCUT2D eigenvalue weighted by atomic mass is 9.96. The van der Waals surface area contributed by atoms with E-state index in [4.69, 9.17) is 0 Å². The molecule has 0 fully saturated rings. The second kappa shape index (κ2) is 5.77. The third-order valence-corrected chi connectivity index (χ3v) is 3.43. The summed E-state index contributed by atoms with van der Waals surface area (Å²) >= 11 is 1.73. The highest BCUT2D eigenvalue weighted by molar-refractivity contribution is 7.09. The van der Waals surface area contributed by atoms with Gasteiger partial charge >= 0.3 is 0 Å². The summed E-state index contributed by atoms with van der Waals surface area (Å²) in [6, 6.07) is 10.6. The summed E-state index contributed by atoms with van der Waals surface area (Å²) in [5, 5.41) is 6.51. The van der Waals surface area contributed by atoms with Gasteiger partial charge in [0, 0.05) is 30.5 Å². The Kier molecular flexibility index (Phi) is 4.08. The van der Waals surface area contributed by atoms with Crippen LogP contribution in [0.25, 0.3) is 0 Å². The van der Waals surface area contributed by atoms with E-state index >= 15 is 0 Å². The summed E-state index contributed by atoms with van der Waals surface area (Å²) in [6.07, 6.45) is 2.89. The average Bonchev–Trinajstić information content (AvgIpc) is 2.83. The quantitative estimate of drug-likeness (QED) is 0.857. The van der Waals surface area contributed by atoms with Gasteiger partial charge < -0.3 is 5.32 Å². The molecule has 0 radical (unpaired) electrons. The zero-order chi connectivity index (χ0) is 11.2. The number of benzene rings is 1. The molecule has 0 aliphatic carbocycles. The predicted molar refractivity (Wildman–Crippen MR) is 68.9 cm³/mol. The van der Waals surface area contributed by atoms with Crippen molar-refractivity contribution in [3.05, 3.63) is 52.5 Å². The van der Waals surface area contributed by atoms with E-state index in [1.54, 1.807) is 11.3 Å². The van der Waals surface area contributed by atoms with Crippen molar-refractivity contribution in [2.24, 2.45) is 0 Å². The van der Waals surface area contributed by atoms with Gasteiger partial charge in [-0.25, -0.2) is 4.98 Å². The second-order valence-electron chi connectivity index (χ2n) is 3.80. The first-order valence-electron chi connectivity index (χ1n) is 5.48. The molecule has 1 heterocycles. The number of hydrogen-bond acceptors (Lipinski definition) is 3. The average molecular weight is 232 g/mol. The second-order valence-corrected chi connectivity index (χ2v) is 4.77. The van der Waals surface area contributed by atoms with Gasteiger partial charge in [0.15, 0.2) is 0 Å². The number of thiazole rings is 1. The molecule has 0 amide bonds. The first kappa shape index (κ1) is 11.3. The number of nitrogens with one attached hydrogen (secondary N) is 1. The Balaban J connectivity index is 2.11. The molecule has 16 heavy (non-hydrogen) atoms. The Hall–Kier alpha value is -1.19. The van der Waals surface area contributed by atoms with Gasteiger partial charge in [-0.05, 0) is 12.6 Å². The molecule has 0 bridgehead atoms. The van der Waals surface area contributed by atoms with Crippen LogP contribution in [0.3, 0.4) is 0 Å². The van der Waals surface area contributed by atoms with E-state index in [1.807, 2.05) is 18.6 Å². The number of likely N-dealkylation sites (N-methyl/N-ethyl adjacent to an activating group) is 1. The predicted octanol–water partition coefficient (Wildman–Crippen LogP) is 2.69. The number of nitrogens with zero attached hydrogens (tertiary/aromatic N) is 1. The molecule has 0 spiro atoms. The van der Waals surface area contributed by atoms with Crippen LogP contribution in [-0.2, 0) is 6.42 Å². The molecule has 0 aliphatic rings. The molecule has 84 valence electrons. The SMILES string of the molecule is CNCC(Cc1nccs1)c1ccccc1. The van der Waals surface area contributed by atoms with Crippen molar-refractivity contribution >= 4 is 11.3 Å². The monoisotopic (exact) mass is 232 g/mol. The Bertz CT molecular complexity index is 397. The van der Waals surface area contributed by atoms with Crippen molar-refractivity contribution < 1.29 is 0 Å². The topological polar surface area (TPSA) is 24.9 Å². The maximum Gasteiger partial charge on any atom is 0.0931 e. The van der Waals surface area contributed by atoms with Gasteiger partial charge in [0.25, 0.3) is 0 Å². The molecule has 1 atom stereocenters. The van der Waals surface area contributed by atoms with Crippen LogP contribution in [0.1, 0.15) is 16.5 Å². The maximum atomic E-state index is 4.35. The first-order valence-corrected chi connectivity index (χ1v) is 6.36. The molecule has 1 aromatic carbocycles. The molecular formula is C13H16N2S. The lowest BCUT2D eigenvalue weighted by Crippen LogP contribution is -2.19. The molecule has 2 aromatic rings. The van der Waals surface area contributed by atoms with Gasteiger partial charge in [0.1, 0.15) is 0 Å². The standard InChI is InChI=1S/C13H16N2S/c1-14-10-12(9-13-15-7-8-16-13)11-5-3-2-4-6-11/h2-8,12,14H,9-10H2,1H3. The van der Waals surface area contributed by atoms with Gasteiger partial charge in [-0.2, -0.15) is 0 Å². The fourth-order valence-electron chi connectivity index (χ4n) is 1.84. The fraction of sp³-hybridized carbons (Fsp3) is 0.308. The molecule has 0 saturated heterocycles. The van der Waals surface area contributed by atoms with Crippen molar-refractivity contribution in [3.8, 4) is 0 Å². The highest BCUT2D eigenvalue weighted by Crippen LogP contribution is 2.21. The van der Waals surface area contributed by atoms with Crippen LogP contribution in [0.5, 0.6) is 0 Å². The smallest absolute Gasteiger partial charge is 0.0931 e.